The number of anilines is 1. The summed E-state index contributed by atoms with van der Waals surface area (Å²) < 4.78 is 11.1. The number of hydrogen-bond acceptors (Lipinski definition) is 5. The average molecular weight is 478 g/mol. The van der Waals surface area contributed by atoms with Gasteiger partial charge >= 0.3 is 0 Å². The molecule has 174 valence electrons. The van der Waals surface area contributed by atoms with Gasteiger partial charge < -0.3 is 14.6 Å². The van der Waals surface area contributed by atoms with E-state index in [2.05, 4.69) is 0 Å². The summed E-state index contributed by atoms with van der Waals surface area (Å²) in [6.07, 6.45) is 0. The van der Waals surface area contributed by atoms with E-state index in [0.717, 1.165) is 5.56 Å². The van der Waals surface area contributed by atoms with Crippen LogP contribution >= 0.6 is 11.6 Å². The van der Waals surface area contributed by atoms with Crippen LogP contribution in [0.2, 0.25) is 5.02 Å². The number of rotatable bonds is 6. The van der Waals surface area contributed by atoms with Crippen molar-refractivity contribution in [3.8, 4) is 11.5 Å². The molecule has 0 saturated carbocycles. The van der Waals surface area contributed by atoms with Crippen molar-refractivity contribution >= 4 is 34.7 Å². The molecule has 0 bridgehead atoms. The molecule has 1 atom stereocenters. The Morgan fingerprint density at radius 1 is 1.00 bits per heavy atom. The van der Waals surface area contributed by atoms with Gasteiger partial charge in [-0.05, 0) is 55.8 Å². The third-order valence-electron chi connectivity index (χ3n) is 5.68. The van der Waals surface area contributed by atoms with E-state index < -0.39 is 17.7 Å². The molecule has 3 aromatic rings. The standard InChI is InChI=1S/C27H24ClNO5/c1-4-34-22-15-18(9-14-21(22)33-3)24-23(25(30)17-7-5-16(2)6-8-17)26(31)27(32)29(24)20-12-10-19(28)11-13-20/h5-15,24,30H,4H2,1-3H3/b25-23-. The highest BCUT2D eigenvalue weighted by molar-refractivity contribution is 6.51. The first-order valence-electron chi connectivity index (χ1n) is 10.8. The molecule has 7 heteroatoms. The van der Waals surface area contributed by atoms with E-state index >= 15 is 0 Å². The largest absolute Gasteiger partial charge is 0.507 e. The summed E-state index contributed by atoms with van der Waals surface area (Å²) in [6.45, 7) is 4.18. The molecule has 1 amide bonds. The minimum Gasteiger partial charge on any atom is -0.507 e. The molecular formula is C27H24ClNO5. The first-order valence-corrected chi connectivity index (χ1v) is 11.2. The Morgan fingerprint density at radius 2 is 1.68 bits per heavy atom. The predicted molar refractivity (Wildman–Crippen MR) is 132 cm³/mol. The Kier molecular flexibility index (Phi) is 6.61. The lowest BCUT2D eigenvalue weighted by Gasteiger charge is -2.26. The molecule has 3 aromatic carbocycles. The van der Waals surface area contributed by atoms with Crippen molar-refractivity contribution in [2.75, 3.05) is 18.6 Å². The van der Waals surface area contributed by atoms with Crippen LogP contribution in [0.15, 0.2) is 72.3 Å². The third-order valence-corrected chi connectivity index (χ3v) is 5.93. The number of aliphatic hydroxyl groups excluding tert-OH is 1. The van der Waals surface area contributed by atoms with Crippen molar-refractivity contribution in [1.29, 1.82) is 0 Å². The second kappa shape index (κ2) is 9.61. The number of methoxy groups -OCH3 is 1. The number of aryl methyl sites for hydroxylation is 1. The maximum atomic E-state index is 13.3. The fourth-order valence-electron chi connectivity index (χ4n) is 4.01. The number of ketones is 1. The van der Waals surface area contributed by atoms with Gasteiger partial charge in [-0.15, -0.1) is 0 Å². The van der Waals surface area contributed by atoms with Gasteiger partial charge in [0.25, 0.3) is 11.7 Å². The number of amides is 1. The quantitative estimate of drug-likeness (QED) is 0.281. The Labute approximate surface area is 203 Å². The second-order valence-electron chi connectivity index (χ2n) is 7.85. The van der Waals surface area contributed by atoms with Gasteiger partial charge in [0.1, 0.15) is 5.76 Å². The van der Waals surface area contributed by atoms with E-state index in [1.54, 1.807) is 54.6 Å². The molecule has 0 aliphatic carbocycles. The number of Topliss-reactive ketones (excluding diaryl/α,β-unsaturated/α-hetero) is 1. The van der Waals surface area contributed by atoms with Crippen molar-refractivity contribution in [3.63, 3.8) is 0 Å². The zero-order valence-electron chi connectivity index (χ0n) is 19.0. The van der Waals surface area contributed by atoms with Crippen LogP contribution in [-0.2, 0) is 9.59 Å². The third kappa shape index (κ3) is 4.24. The molecule has 6 nitrogen and oxygen atoms in total. The molecule has 1 unspecified atom stereocenters. The lowest BCUT2D eigenvalue weighted by Crippen LogP contribution is -2.29. The summed E-state index contributed by atoms with van der Waals surface area (Å²) in [7, 11) is 1.54. The molecule has 1 aliphatic rings. The highest BCUT2D eigenvalue weighted by Gasteiger charge is 2.47. The Hall–Kier alpha value is -3.77. The summed E-state index contributed by atoms with van der Waals surface area (Å²) in [5, 5.41) is 11.7. The fourth-order valence-corrected chi connectivity index (χ4v) is 4.14. The number of carbonyl (C=O) groups is 2. The van der Waals surface area contributed by atoms with Gasteiger partial charge in [0, 0.05) is 16.3 Å². The zero-order chi connectivity index (χ0) is 24.4. The molecule has 0 spiro atoms. The lowest BCUT2D eigenvalue weighted by molar-refractivity contribution is -0.132. The maximum Gasteiger partial charge on any atom is 0.300 e. The molecule has 0 aromatic heterocycles. The van der Waals surface area contributed by atoms with Crippen molar-refractivity contribution in [1.82, 2.24) is 0 Å². The molecule has 1 fully saturated rings. The fraction of sp³-hybridized carbons (Fsp3) is 0.185. The van der Waals surface area contributed by atoms with Crippen molar-refractivity contribution in [2.24, 2.45) is 0 Å². The zero-order valence-corrected chi connectivity index (χ0v) is 19.8. The van der Waals surface area contributed by atoms with Gasteiger partial charge in [-0.1, -0.05) is 47.5 Å². The van der Waals surface area contributed by atoms with E-state index in [1.807, 2.05) is 26.0 Å². The summed E-state index contributed by atoms with van der Waals surface area (Å²) in [5.74, 6) is -0.762. The Morgan fingerprint density at radius 3 is 2.29 bits per heavy atom. The van der Waals surface area contributed by atoms with E-state index in [9.17, 15) is 14.7 Å². The first kappa shape index (κ1) is 23.4. The van der Waals surface area contributed by atoms with Gasteiger partial charge in [0.05, 0.1) is 25.3 Å². The lowest BCUT2D eigenvalue weighted by atomic mass is 9.94. The molecule has 1 aliphatic heterocycles. The number of nitrogens with zero attached hydrogens (tertiary/aromatic N) is 1. The topological polar surface area (TPSA) is 76.1 Å². The summed E-state index contributed by atoms with van der Waals surface area (Å²) >= 11 is 6.05. The van der Waals surface area contributed by atoms with E-state index in [0.29, 0.717) is 39.9 Å². The van der Waals surface area contributed by atoms with Crippen molar-refractivity contribution in [2.45, 2.75) is 19.9 Å². The smallest absolute Gasteiger partial charge is 0.300 e. The van der Waals surface area contributed by atoms with Crippen LogP contribution in [0.1, 0.15) is 29.7 Å². The molecule has 1 N–H and O–H groups in total. The Balaban J connectivity index is 1.95. The van der Waals surface area contributed by atoms with Crippen LogP contribution in [0.25, 0.3) is 5.76 Å². The molecule has 0 radical (unpaired) electrons. The van der Waals surface area contributed by atoms with Crippen LogP contribution in [0.4, 0.5) is 5.69 Å². The number of ether oxygens (including phenoxy) is 2. The van der Waals surface area contributed by atoms with Gasteiger partial charge in [-0.3, -0.25) is 14.5 Å². The van der Waals surface area contributed by atoms with E-state index in [4.69, 9.17) is 21.1 Å². The predicted octanol–water partition coefficient (Wildman–Crippen LogP) is 5.68. The van der Waals surface area contributed by atoms with Crippen LogP contribution in [0, 0.1) is 6.92 Å². The second-order valence-corrected chi connectivity index (χ2v) is 8.29. The Bertz CT molecular complexity index is 1270. The van der Waals surface area contributed by atoms with Crippen LogP contribution < -0.4 is 14.4 Å². The molecule has 34 heavy (non-hydrogen) atoms. The SMILES string of the molecule is CCOc1cc(C2/C(=C(/O)c3ccc(C)cc3)C(=O)C(=O)N2c2ccc(Cl)cc2)ccc1OC. The summed E-state index contributed by atoms with van der Waals surface area (Å²) in [4.78, 5) is 27.9. The van der Waals surface area contributed by atoms with Crippen molar-refractivity contribution in [3.05, 3.63) is 94.0 Å². The van der Waals surface area contributed by atoms with E-state index in [-0.39, 0.29) is 11.3 Å². The monoisotopic (exact) mass is 477 g/mol. The maximum absolute atomic E-state index is 13.3. The number of halogens is 1. The highest BCUT2D eigenvalue weighted by Crippen LogP contribution is 2.44. The number of benzene rings is 3. The number of aliphatic hydroxyl groups is 1. The first-order chi connectivity index (χ1) is 16.3. The minimum atomic E-state index is -0.882. The average Bonchev–Trinajstić information content (AvgIpc) is 3.10. The normalized spacial score (nSPS) is 17.2. The van der Waals surface area contributed by atoms with Gasteiger partial charge in [0.15, 0.2) is 11.5 Å². The van der Waals surface area contributed by atoms with Gasteiger partial charge in [-0.25, -0.2) is 0 Å². The number of carbonyl (C=O) groups excluding carboxylic acids is 2. The van der Waals surface area contributed by atoms with Crippen LogP contribution in [-0.4, -0.2) is 30.5 Å². The molecule has 4 rings (SSSR count). The molecule has 1 heterocycles. The van der Waals surface area contributed by atoms with Gasteiger partial charge in [0.2, 0.25) is 0 Å². The van der Waals surface area contributed by atoms with E-state index in [1.165, 1.54) is 12.0 Å². The van der Waals surface area contributed by atoms with Crippen molar-refractivity contribution < 1.29 is 24.2 Å². The molecular weight excluding hydrogens is 454 g/mol. The minimum absolute atomic E-state index is 0.00332. The summed E-state index contributed by atoms with van der Waals surface area (Å²) in [5.41, 5.74) is 2.52. The van der Waals surface area contributed by atoms with Crippen LogP contribution in [0.3, 0.4) is 0 Å². The number of hydrogen-bond donors (Lipinski definition) is 1. The summed E-state index contributed by atoms with van der Waals surface area (Å²) in [6, 6.07) is 18.0. The molecule has 1 saturated heterocycles. The van der Waals surface area contributed by atoms with Crippen LogP contribution in [0.5, 0.6) is 11.5 Å². The highest BCUT2D eigenvalue weighted by atomic mass is 35.5. The van der Waals surface area contributed by atoms with Gasteiger partial charge in [-0.2, -0.15) is 0 Å².